The minimum absolute atomic E-state index is 0.201. The highest BCUT2D eigenvalue weighted by molar-refractivity contribution is 7.92. The van der Waals surface area contributed by atoms with Crippen molar-refractivity contribution in [3.05, 3.63) is 96.1 Å². The summed E-state index contributed by atoms with van der Waals surface area (Å²) in [6, 6.07) is 17.5. The number of nitrogens with one attached hydrogen (secondary N) is 2. The molecule has 0 heterocycles. The van der Waals surface area contributed by atoms with Gasteiger partial charge in [0.1, 0.15) is 0 Å². The first-order valence-corrected chi connectivity index (χ1v) is 9.94. The number of sulfonamides is 1. The highest BCUT2D eigenvalue weighted by Gasteiger charge is 2.16. The standard InChI is InChI=1S/C21H16F2N2O3S/c22-19-12-11-18(14-20(19)23)29(27,28)25-17-9-7-16(8-10-17)24-21(26)13-6-15-4-2-1-3-5-15/h1-14,25H,(H,24,26)/b13-6+. The molecule has 5 nitrogen and oxygen atoms in total. The van der Waals surface area contributed by atoms with E-state index < -0.39 is 26.6 Å². The Bertz CT molecular complexity index is 1150. The van der Waals surface area contributed by atoms with E-state index in [1.807, 2.05) is 30.3 Å². The average molecular weight is 414 g/mol. The number of rotatable bonds is 6. The molecule has 0 saturated carbocycles. The van der Waals surface area contributed by atoms with Gasteiger partial charge in [0.05, 0.1) is 4.90 Å². The Balaban J connectivity index is 1.64. The van der Waals surface area contributed by atoms with Gasteiger partial charge < -0.3 is 5.32 Å². The molecule has 0 bridgehead atoms. The second-order valence-electron chi connectivity index (χ2n) is 5.99. The van der Waals surface area contributed by atoms with Crippen LogP contribution in [0.2, 0.25) is 0 Å². The van der Waals surface area contributed by atoms with Gasteiger partial charge in [-0.3, -0.25) is 9.52 Å². The average Bonchev–Trinajstić information content (AvgIpc) is 2.70. The summed E-state index contributed by atoms with van der Waals surface area (Å²) in [6.45, 7) is 0. The van der Waals surface area contributed by atoms with Crippen molar-refractivity contribution in [3.63, 3.8) is 0 Å². The minimum atomic E-state index is -4.08. The molecule has 2 N–H and O–H groups in total. The first-order chi connectivity index (χ1) is 13.8. The largest absolute Gasteiger partial charge is 0.323 e. The van der Waals surface area contributed by atoms with Crippen molar-refractivity contribution in [2.45, 2.75) is 4.90 Å². The summed E-state index contributed by atoms with van der Waals surface area (Å²) in [5.74, 6) is -2.73. The van der Waals surface area contributed by atoms with E-state index in [1.54, 1.807) is 6.08 Å². The summed E-state index contributed by atoms with van der Waals surface area (Å²) >= 11 is 0. The molecule has 3 rings (SSSR count). The molecule has 0 aliphatic rings. The van der Waals surface area contributed by atoms with E-state index in [2.05, 4.69) is 10.0 Å². The highest BCUT2D eigenvalue weighted by atomic mass is 32.2. The third kappa shape index (κ3) is 5.49. The van der Waals surface area contributed by atoms with E-state index in [-0.39, 0.29) is 11.6 Å². The zero-order valence-corrected chi connectivity index (χ0v) is 15.8. The third-order valence-electron chi connectivity index (χ3n) is 3.83. The normalized spacial score (nSPS) is 11.4. The van der Waals surface area contributed by atoms with Crippen LogP contribution in [0.1, 0.15) is 5.56 Å². The van der Waals surface area contributed by atoms with Crippen LogP contribution in [0.5, 0.6) is 0 Å². The summed E-state index contributed by atoms with van der Waals surface area (Å²) in [7, 11) is -4.08. The van der Waals surface area contributed by atoms with Crippen LogP contribution in [-0.4, -0.2) is 14.3 Å². The summed E-state index contributed by atoms with van der Waals surface area (Å²) in [5, 5.41) is 2.65. The van der Waals surface area contributed by atoms with Crippen LogP contribution in [0.25, 0.3) is 6.08 Å². The topological polar surface area (TPSA) is 75.3 Å². The van der Waals surface area contributed by atoms with E-state index in [1.165, 1.54) is 30.3 Å². The zero-order chi connectivity index (χ0) is 20.9. The van der Waals surface area contributed by atoms with Crippen LogP contribution < -0.4 is 10.0 Å². The summed E-state index contributed by atoms with van der Waals surface area (Å²) in [4.78, 5) is 11.6. The molecule has 3 aromatic rings. The number of anilines is 2. The highest BCUT2D eigenvalue weighted by Crippen LogP contribution is 2.20. The van der Waals surface area contributed by atoms with E-state index >= 15 is 0 Å². The molecular weight excluding hydrogens is 398 g/mol. The van der Waals surface area contributed by atoms with Crippen LogP contribution in [0.15, 0.2) is 83.8 Å². The Hall–Kier alpha value is -3.52. The monoisotopic (exact) mass is 414 g/mol. The molecule has 1 amide bonds. The van der Waals surface area contributed by atoms with Crippen molar-refractivity contribution in [3.8, 4) is 0 Å². The lowest BCUT2D eigenvalue weighted by Gasteiger charge is -2.09. The lowest BCUT2D eigenvalue weighted by molar-refractivity contribution is -0.111. The number of benzene rings is 3. The van der Waals surface area contributed by atoms with Gasteiger partial charge in [0, 0.05) is 17.5 Å². The van der Waals surface area contributed by atoms with Gasteiger partial charge >= 0.3 is 0 Å². The first-order valence-electron chi connectivity index (χ1n) is 8.45. The molecule has 0 aliphatic heterocycles. The smallest absolute Gasteiger partial charge is 0.261 e. The van der Waals surface area contributed by atoms with Gasteiger partial charge in [-0.25, -0.2) is 17.2 Å². The van der Waals surface area contributed by atoms with Crippen LogP contribution in [0.3, 0.4) is 0 Å². The van der Waals surface area contributed by atoms with Gasteiger partial charge in [-0.1, -0.05) is 30.3 Å². The van der Waals surface area contributed by atoms with Gasteiger partial charge in [-0.05, 0) is 54.1 Å². The number of hydrogen-bond acceptors (Lipinski definition) is 3. The first kappa shape index (κ1) is 20.2. The van der Waals surface area contributed by atoms with E-state index in [9.17, 15) is 22.0 Å². The van der Waals surface area contributed by atoms with Crippen LogP contribution in [-0.2, 0) is 14.8 Å². The predicted octanol–water partition coefficient (Wildman–Crippen LogP) is 4.42. The number of hydrogen-bond donors (Lipinski definition) is 2. The van der Waals surface area contributed by atoms with Crippen molar-refractivity contribution in [1.82, 2.24) is 0 Å². The predicted molar refractivity (Wildman–Crippen MR) is 108 cm³/mol. The van der Waals surface area contributed by atoms with Gasteiger partial charge in [0.25, 0.3) is 10.0 Å². The maximum absolute atomic E-state index is 13.3. The Morgan fingerprint density at radius 3 is 2.14 bits per heavy atom. The van der Waals surface area contributed by atoms with Crippen molar-refractivity contribution in [2.24, 2.45) is 0 Å². The van der Waals surface area contributed by atoms with Crippen molar-refractivity contribution >= 4 is 33.4 Å². The lowest BCUT2D eigenvalue weighted by atomic mass is 10.2. The maximum Gasteiger partial charge on any atom is 0.261 e. The number of carbonyl (C=O) groups is 1. The van der Waals surface area contributed by atoms with E-state index in [4.69, 9.17) is 0 Å². The van der Waals surface area contributed by atoms with Gasteiger partial charge in [-0.15, -0.1) is 0 Å². The van der Waals surface area contributed by atoms with Gasteiger partial charge in [0.2, 0.25) is 5.91 Å². The Morgan fingerprint density at radius 1 is 0.828 bits per heavy atom. The quantitative estimate of drug-likeness (QED) is 0.587. The number of carbonyl (C=O) groups excluding carboxylic acids is 1. The Kier molecular flexibility index (Phi) is 6.04. The fraction of sp³-hybridized carbons (Fsp3) is 0. The zero-order valence-electron chi connectivity index (χ0n) is 15.0. The fourth-order valence-corrected chi connectivity index (χ4v) is 3.47. The van der Waals surface area contributed by atoms with Gasteiger partial charge in [-0.2, -0.15) is 0 Å². The van der Waals surface area contributed by atoms with Crippen LogP contribution in [0.4, 0.5) is 20.2 Å². The molecule has 148 valence electrons. The second-order valence-corrected chi connectivity index (χ2v) is 7.67. The summed E-state index contributed by atoms with van der Waals surface area (Å²) < 4.78 is 53.1. The molecule has 0 fully saturated rings. The summed E-state index contributed by atoms with van der Waals surface area (Å²) in [5.41, 5.74) is 1.54. The Morgan fingerprint density at radius 2 is 1.48 bits per heavy atom. The minimum Gasteiger partial charge on any atom is -0.323 e. The molecule has 29 heavy (non-hydrogen) atoms. The molecule has 0 spiro atoms. The molecule has 3 aromatic carbocycles. The molecule has 0 aromatic heterocycles. The molecule has 8 heteroatoms. The van der Waals surface area contributed by atoms with Crippen molar-refractivity contribution in [2.75, 3.05) is 10.0 Å². The molecule has 0 aliphatic carbocycles. The van der Waals surface area contributed by atoms with E-state index in [0.717, 1.165) is 17.7 Å². The lowest BCUT2D eigenvalue weighted by Crippen LogP contribution is -2.13. The van der Waals surface area contributed by atoms with Crippen LogP contribution in [0, 0.1) is 11.6 Å². The van der Waals surface area contributed by atoms with E-state index in [0.29, 0.717) is 11.8 Å². The van der Waals surface area contributed by atoms with Crippen LogP contribution >= 0.6 is 0 Å². The van der Waals surface area contributed by atoms with Crippen molar-refractivity contribution in [1.29, 1.82) is 0 Å². The number of halogens is 2. The second kappa shape index (κ2) is 8.66. The van der Waals surface area contributed by atoms with Gasteiger partial charge in [0.15, 0.2) is 11.6 Å². The number of amides is 1. The molecule has 0 atom stereocenters. The third-order valence-corrected chi connectivity index (χ3v) is 5.21. The maximum atomic E-state index is 13.3. The SMILES string of the molecule is O=C(/C=C/c1ccccc1)Nc1ccc(NS(=O)(=O)c2ccc(F)c(F)c2)cc1. The van der Waals surface area contributed by atoms with Crippen molar-refractivity contribution < 1.29 is 22.0 Å². The molecule has 0 unspecified atom stereocenters. The molecule has 0 saturated heterocycles. The fourth-order valence-electron chi connectivity index (χ4n) is 2.40. The Labute approximate surface area is 166 Å². The molecular formula is C21H16F2N2O3S. The summed E-state index contributed by atoms with van der Waals surface area (Å²) in [6.07, 6.45) is 3.05. The molecule has 0 radical (unpaired) electrons.